The number of amides is 1. The predicted molar refractivity (Wildman–Crippen MR) is 77.8 cm³/mol. The minimum Gasteiger partial charge on any atom is -0.481 e. The van der Waals surface area contributed by atoms with E-state index in [0.717, 1.165) is 5.56 Å². The second-order valence-electron chi connectivity index (χ2n) is 4.13. The lowest BCUT2D eigenvalue weighted by Crippen LogP contribution is -2.22. The zero-order valence-corrected chi connectivity index (χ0v) is 11.6. The van der Waals surface area contributed by atoms with Crippen molar-refractivity contribution in [2.45, 2.75) is 6.54 Å². The number of nitrogens with one attached hydrogen (secondary N) is 1. The van der Waals surface area contributed by atoms with Crippen molar-refractivity contribution >= 4 is 23.2 Å². The molecule has 1 heterocycles. The summed E-state index contributed by atoms with van der Waals surface area (Å²) in [6.07, 6.45) is 1.65. The molecule has 0 bridgehead atoms. The van der Waals surface area contributed by atoms with Gasteiger partial charge in [0.05, 0.1) is 17.8 Å². The number of hydrogen-bond acceptors (Lipinski definition) is 4. The topological polar surface area (TPSA) is 77.2 Å². The van der Waals surface area contributed by atoms with Gasteiger partial charge in [0.25, 0.3) is 5.91 Å². The molecule has 0 unspecified atom stereocenters. The summed E-state index contributed by atoms with van der Waals surface area (Å²) >= 11 is 5.81. The van der Waals surface area contributed by atoms with E-state index in [2.05, 4.69) is 10.3 Å². The van der Waals surface area contributed by atoms with Gasteiger partial charge in [0, 0.05) is 24.4 Å². The van der Waals surface area contributed by atoms with Gasteiger partial charge >= 0.3 is 0 Å². The third kappa shape index (κ3) is 3.39. The van der Waals surface area contributed by atoms with Crippen LogP contribution in [-0.2, 0) is 6.54 Å². The number of aromatic nitrogens is 1. The number of nitrogen functional groups attached to an aromatic ring is 1. The molecule has 1 aromatic carbocycles. The number of ether oxygens (including phenoxy) is 1. The Morgan fingerprint density at radius 2 is 2.20 bits per heavy atom. The number of nitrogens with two attached hydrogens (primary N) is 1. The van der Waals surface area contributed by atoms with E-state index in [1.165, 1.54) is 0 Å². The van der Waals surface area contributed by atoms with Crippen LogP contribution < -0.4 is 15.8 Å². The third-order valence-electron chi connectivity index (χ3n) is 2.72. The lowest BCUT2D eigenvalue weighted by molar-refractivity contribution is 0.0951. The van der Waals surface area contributed by atoms with Crippen LogP contribution in [0.3, 0.4) is 0 Å². The van der Waals surface area contributed by atoms with Crippen LogP contribution in [0.1, 0.15) is 15.9 Å². The molecule has 0 radical (unpaired) electrons. The standard InChI is InChI=1S/C14H14ClN3O2/c1-20-13-5-2-9(7-17-13)8-18-14(19)10-3-4-11(15)12(16)6-10/h2-7H,8,16H2,1H3,(H,18,19). The van der Waals surface area contributed by atoms with E-state index in [-0.39, 0.29) is 5.91 Å². The monoisotopic (exact) mass is 291 g/mol. The van der Waals surface area contributed by atoms with Crippen molar-refractivity contribution in [1.29, 1.82) is 0 Å². The highest BCUT2D eigenvalue weighted by molar-refractivity contribution is 6.33. The summed E-state index contributed by atoms with van der Waals surface area (Å²) in [5, 5.41) is 3.21. The van der Waals surface area contributed by atoms with Crippen molar-refractivity contribution in [3.63, 3.8) is 0 Å². The van der Waals surface area contributed by atoms with Gasteiger partial charge in [-0.05, 0) is 23.8 Å². The molecule has 0 aliphatic heterocycles. The van der Waals surface area contributed by atoms with E-state index < -0.39 is 0 Å². The minimum absolute atomic E-state index is 0.218. The van der Waals surface area contributed by atoms with Crippen molar-refractivity contribution in [1.82, 2.24) is 10.3 Å². The Morgan fingerprint density at radius 1 is 1.40 bits per heavy atom. The molecule has 104 valence electrons. The Bertz CT molecular complexity index is 614. The molecule has 0 saturated heterocycles. The molecule has 0 fully saturated rings. The van der Waals surface area contributed by atoms with Crippen LogP contribution in [0.5, 0.6) is 5.88 Å². The molecular weight excluding hydrogens is 278 g/mol. The van der Waals surface area contributed by atoms with Crippen LogP contribution in [0.15, 0.2) is 36.5 Å². The van der Waals surface area contributed by atoms with E-state index in [4.69, 9.17) is 22.1 Å². The van der Waals surface area contributed by atoms with Crippen LogP contribution in [-0.4, -0.2) is 18.0 Å². The number of halogens is 1. The lowest BCUT2D eigenvalue weighted by atomic mass is 10.2. The van der Waals surface area contributed by atoms with Gasteiger partial charge in [0.15, 0.2) is 0 Å². The maximum atomic E-state index is 11.9. The van der Waals surface area contributed by atoms with Crippen molar-refractivity contribution in [3.05, 3.63) is 52.7 Å². The molecule has 0 atom stereocenters. The Morgan fingerprint density at radius 3 is 2.80 bits per heavy atom. The van der Waals surface area contributed by atoms with Crippen molar-refractivity contribution in [2.24, 2.45) is 0 Å². The molecule has 6 heteroatoms. The van der Waals surface area contributed by atoms with Crippen LogP contribution in [0.25, 0.3) is 0 Å². The number of pyridine rings is 1. The van der Waals surface area contributed by atoms with Gasteiger partial charge in [0.2, 0.25) is 5.88 Å². The zero-order chi connectivity index (χ0) is 14.5. The summed E-state index contributed by atoms with van der Waals surface area (Å²) in [5.41, 5.74) is 7.38. The summed E-state index contributed by atoms with van der Waals surface area (Å²) in [6.45, 7) is 0.373. The minimum atomic E-state index is -0.218. The molecule has 2 aromatic rings. The third-order valence-corrected chi connectivity index (χ3v) is 3.06. The number of benzene rings is 1. The van der Waals surface area contributed by atoms with Crippen molar-refractivity contribution in [3.8, 4) is 5.88 Å². The van der Waals surface area contributed by atoms with Crippen LogP contribution in [0, 0.1) is 0 Å². The van der Waals surface area contributed by atoms with Gasteiger partial charge in [-0.1, -0.05) is 17.7 Å². The largest absolute Gasteiger partial charge is 0.481 e. The first kappa shape index (κ1) is 14.1. The van der Waals surface area contributed by atoms with Gasteiger partial charge in [-0.3, -0.25) is 4.79 Å². The highest BCUT2D eigenvalue weighted by Gasteiger charge is 2.07. The van der Waals surface area contributed by atoms with E-state index in [1.54, 1.807) is 37.6 Å². The summed E-state index contributed by atoms with van der Waals surface area (Å²) in [5.74, 6) is 0.315. The Labute approximate surface area is 121 Å². The molecule has 2 rings (SSSR count). The van der Waals surface area contributed by atoms with Gasteiger partial charge in [0.1, 0.15) is 0 Å². The molecule has 0 aliphatic rings. The first-order valence-electron chi connectivity index (χ1n) is 5.92. The van der Waals surface area contributed by atoms with Gasteiger partial charge < -0.3 is 15.8 Å². The number of methoxy groups -OCH3 is 1. The number of rotatable bonds is 4. The molecule has 1 amide bonds. The fourth-order valence-corrected chi connectivity index (χ4v) is 1.72. The fraction of sp³-hybridized carbons (Fsp3) is 0.143. The highest BCUT2D eigenvalue weighted by Crippen LogP contribution is 2.19. The van der Waals surface area contributed by atoms with Crippen molar-refractivity contribution in [2.75, 3.05) is 12.8 Å². The SMILES string of the molecule is COc1ccc(CNC(=O)c2ccc(Cl)c(N)c2)cn1. The zero-order valence-electron chi connectivity index (χ0n) is 10.9. The molecular formula is C14H14ClN3O2. The van der Waals surface area contributed by atoms with Gasteiger partial charge in [-0.15, -0.1) is 0 Å². The molecule has 20 heavy (non-hydrogen) atoms. The summed E-state index contributed by atoms with van der Waals surface area (Å²) in [4.78, 5) is 16.0. The number of hydrogen-bond donors (Lipinski definition) is 2. The maximum absolute atomic E-state index is 11.9. The Hall–Kier alpha value is -2.27. The second-order valence-corrected chi connectivity index (χ2v) is 4.53. The van der Waals surface area contributed by atoms with Gasteiger partial charge in [-0.25, -0.2) is 4.98 Å². The first-order valence-corrected chi connectivity index (χ1v) is 6.30. The average molecular weight is 292 g/mol. The molecule has 0 aliphatic carbocycles. The summed E-state index contributed by atoms with van der Waals surface area (Å²) in [7, 11) is 1.55. The van der Waals surface area contributed by atoms with E-state index in [9.17, 15) is 4.79 Å². The smallest absolute Gasteiger partial charge is 0.251 e. The van der Waals surface area contributed by atoms with Gasteiger partial charge in [-0.2, -0.15) is 0 Å². The number of carbonyl (C=O) groups excluding carboxylic acids is 1. The van der Waals surface area contributed by atoms with Crippen LogP contribution in [0.4, 0.5) is 5.69 Å². The Balaban J connectivity index is 1.98. The summed E-state index contributed by atoms with van der Waals surface area (Å²) < 4.78 is 4.96. The predicted octanol–water partition coefficient (Wildman–Crippen LogP) is 2.26. The number of carbonyl (C=O) groups is 1. The Kier molecular flexibility index (Phi) is 4.42. The van der Waals surface area contributed by atoms with Crippen molar-refractivity contribution < 1.29 is 9.53 Å². The maximum Gasteiger partial charge on any atom is 0.251 e. The summed E-state index contributed by atoms with van der Waals surface area (Å²) in [6, 6.07) is 8.34. The number of anilines is 1. The highest BCUT2D eigenvalue weighted by atomic mass is 35.5. The average Bonchev–Trinajstić information content (AvgIpc) is 2.48. The van der Waals surface area contributed by atoms with E-state index in [1.807, 2.05) is 6.07 Å². The normalized spacial score (nSPS) is 10.1. The fourth-order valence-electron chi connectivity index (χ4n) is 1.61. The van der Waals surface area contributed by atoms with E-state index in [0.29, 0.717) is 28.7 Å². The second kappa shape index (κ2) is 6.25. The molecule has 1 aromatic heterocycles. The molecule has 0 spiro atoms. The molecule has 5 nitrogen and oxygen atoms in total. The lowest BCUT2D eigenvalue weighted by Gasteiger charge is -2.07. The first-order chi connectivity index (χ1) is 9.60. The van der Waals surface area contributed by atoms with Crippen LogP contribution in [0.2, 0.25) is 5.02 Å². The number of nitrogens with zero attached hydrogens (tertiary/aromatic N) is 1. The molecule has 0 saturated carbocycles. The quantitative estimate of drug-likeness (QED) is 0.847. The van der Waals surface area contributed by atoms with Crippen LogP contribution >= 0.6 is 11.6 Å². The molecule has 3 N–H and O–H groups in total. The van der Waals surface area contributed by atoms with E-state index >= 15 is 0 Å².